The largest absolute Gasteiger partial charge is 0.497 e. The van der Waals surface area contributed by atoms with Gasteiger partial charge in [0.25, 0.3) is 0 Å². The number of methoxy groups -OCH3 is 1. The quantitative estimate of drug-likeness (QED) is 0.735. The summed E-state index contributed by atoms with van der Waals surface area (Å²) in [6, 6.07) is 17.2. The first-order valence-electron chi connectivity index (χ1n) is 6.62. The molecule has 0 aliphatic heterocycles. The van der Waals surface area contributed by atoms with Crippen LogP contribution in [0.25, 0.3) is 22.3 Å². The lowest BCUT2D eigenvalue weighted by atomic mass is 10.1. The zero-order valence-electron chi connectivity index (χ0n) is 12.1. The van der Waals surface area contributed by atoms with Gasteiger partial charge in [-0.2, -0.15) is 5.26 Å². The minimum Gasteiger partial charge on any atom is -0.497 e. The van der Waals surface area contributed by atoms with Crippen LogP contribution in [0, 0.1) is 11.3 Å². The Labute approximate surface area is 128 Å². The summed E-state index contributed by atoms with van der Waals surface area (Å²) in [6.45, 7) is -0.375. The second-order valence-corrected chi connectivity index (χ2v) is 4.29. The Morgan fingerprint density at radius 2 is 1.86 bits per heavy atom. The fourth-order valence-electron chi connectivity index (χ4n) is 1.87. The Kier molecular flexibility index (Phi) is 5.41. The molecule has 5 heteroatoms. The molecule has 2 aromatic carbocycles. The van der Waals surface area contributed by atoms with Crippen molar-refractivity contribution in [1.29, 1.82) is 5.26 Å². The third-order valence-electron chi connectivity index (χ3n) is 2.89. The number of aromatic nitrogens is 2. The maximum atomic E-state index is 7.51. The molecule has 1 N–H and O–H groups in total. The lowest BCUT2D eigenvalue weighted by Gasteiger charge is -2.04. The number of benzene rings is 2. The molecule has 0 radical (unpaired) electrons. The molecule has 3 aromatic rings. The summed E-state index contributed by atoms with van der Waals surface area (Å²) in [4.78, 5) is 9.03. The van der Waals surface area contributed by atoms with E-state index in [2.05, 4.69) is 9.97 Å². The number of hydrogen-bond donors (Lipinski definition) is 1. The molecule has 0 unspecified atom stereocenters. The van der Waals surface area contributed by atoms with E-state index in [0.29, 0.717) is 0 Å². The van der Waals surface area contributed by atoms with Crippen molar-refractivity contribution < 1.29 is 9.84 Å². The third kappa shape index (κ3) is 3.78. The summed E-state index contributed by atoms with van der Waals surface area (Å²) >= 11 is 0. The smallest absolute Gasteiger partial charge is 0.130 e. The summed E-state index contributed by atoms with van der Waals surface area (Å²) in [5.74, 6) is 0.796. The number of nitriles is 1. The molecule has 0 atom stereocenters. The maximum Gasteiger partial charge on any atom is 0.130 e. The van der Waals surface area contributed by atoms with Crippen LogP contribution in [0.4, 0.5) is 0 Å². The van der Waals surface area contributed by atoms with Crippen molar-refractivity contribution in [2.24, 2.45) is 0 Å². The highest BCUT2D eigenvalue weighted by atomic mass is 16.5. The van der Waals surface area contributed by atoms with Gasteiger partial charge in [0.15, 0.2) is 0 Å². The Morgan fingerprint density at radius 1 is 1.14 bits per heavy atom. The van der Waals surface area contributed by atoms with Gasteiger partial charge in [0.1, 0.15) is 12.4 Å². The molecule has 110 valence electrons. The fraction of sp³-hybridized carbons (Fsp3) is 0.118. The molecular weight excluding hydrogens is 278 g/mol. The number of aliphatic hydroxyl groups is 1. The van der Waals surface area contributed by atoms with Crippen LogP contribution in [-0.4, -0.2) is 28.8 Å². The van der Waals surface area contributed by atoms with Gasteiger partial charge in [0.05, 0.1) is 36.1 Å². The standard InChI is InChI=1S/C15H12N2O.C2H3NO/c1-18-12-7-8-13-14(9-12)16-10-15(17-13)11-5-3-2-4-6-11;3-1-2-4/h2-10H,1H3;4H,2H2. The van der Waals surface area contributed by atoms with E-state index in [0.717, 1.165) is 28.0 Å². The molecule has 0 aliphatic carbocycles. The minimum atomic E-state index is -0.375. The molecule has 0 amide bonds. The number of rotatable bonds is 2. The fourth-order valence-corrected chi connectivity index (χ4v) is 1.87. The minimum absolute atomic E-state index is 0.375. The molecule has 22 heavy (non-hydrogen) atoms. The lowest BCUT2D eigenvalue weighted by Crippen LogP contribution is -1.89. The third-order valence-corrected chi connectivity index (χ3v) is 2.89. The van der Waals surface area contributed by atoms with Gasteiger partial charge in [-0.3, -0.25) is 4.98 Å². The van der Waals surface area contributed by atoms with Gasteiger partial charge < -0.3 is 9.84 Å². The van der Waals surface area contributed by atoms with Crippen LogP contribution in [-0.2, 0) is 0 Å². The van der Waals surface area contributed by atoms with E-state index >= 15 is 0 Å². The van der Waals surface area contributed by atoms with Crippen LogP contribution in [0.5, 0.6) is 5.75 Å². The molecule has 0 aliphatic rings. The van der Waals surface area contributed by atoms with Gasteiger partial charge in [-0.05, 0) is 12.1 Å². The van der Waals surface area contributed by atoms with Crippen molar-refractivity contribution in [3.05, 3.63) is 54.7 Å². The zero-order chi connectivity index (χ0) is 15.8. The van der Waals surface area contributed by atoms with Crippen molar-refractivity contribution in [2.75, 3.05) is 13.7 Å². The van der Waals surface area contributed by atoms with E-state index in [9.17, 15) is 0 Å². The maximum absolute atomic E-state index is 7.51. The van der Waals surface area contributed by atoms with Gasteiger partial charge in [0, 0.05) is 11.6 Å². The van der Waals surface area contributed by atoms with E-state index in [1.807, 2.05) is 48.5 Å². The van der Waals surface area contributed by atoms with E-state index in [-0.39, 0.29) is 6.61 Å². The van der Waals surface area contributed by atoms with Crippen LogP contribution in [0.3, 0.4) is 0 Å². The summed E-state index contributed by atoms with van der Waals surface area (Å²) < 4.78 is 5.17. The Bertz CT molecular complexity index is 783. The van der Waals surface area contributed by atoms with Crippen LogP contribution in [0.2, 0.25) is 0 Å². The van der Waals surface area contributed by atoms with E-state index < -0.39 is 0 Å². The number of fused-ring (bicyclic) bond motifs is 1. The summed E-state index contributed by atoms with van der Waals surface area (Å²) in [7, 11) is 1.65. The molecule has 5 nitrogen and oxygen atoms in total. The van der Waals surface area contributed by atoms with Crippen LogP contribution >= 0.6 is 0 Å². The second kappa shape index (κ2) is 7.72. The van der Waals surface area contributed by atoms with Crippen molar-refractivity contribution >= 4 is 11.0 Å². The predicted octanol–water partition coefficient (Wildman–Crippen LogP) is 2.81. The zero-order valence-corrected chi connectivity index (χ0v) is 12.1. The molecule has 0 saturated heterocycles. The molecule has 0 saturated carbocycles. The lowest BCUT2D eigenvalue weighted by molar-refractivity contribution is 0.348. The number of hydrogen-bond acceptors (Lipinski definition) is 5. The molecule has 3 rings (SSSR count). The highest BCUT2D eigenvalue weighted by Crippen LogP contribution is 2.21. The normalized spacial score (nSPS) is 9.50. The Morgan fingerprint density at radius 3 is 2.50 bits per heavy atom. The van der Waals surface area contributed by atoms with Crippen molar-refractivity contribution in [1.82, 2.24) is 9.97 Å². The first kappa shape index (κ1) is 15.4. The second-order valence-electron chi connectivity index (χ2n) is 4.29. The van der Waals surface area contributed by atoms with Crippen molar-refractivity contribution in [3.63, 3.8) is 0 Å². The van der Waals surface area contributed by atoms with Crippen LogP contribution < -0.4 is 4.74 Å². The Balaban J connectivity index is 0.000000396. The molecular formula is C17H15N3O2. The van der Waals surface area contributed by atoms with E-state index in [4.69, 9.17) is 15.1 Å². The van der Waals surface area contributed by atoms with Gasteiger partial charge in [-0.15, -0.1) is 0 Å². The van der Waals surface area contributed by atoms with Crippen LogP contribution in [0.15, 0.2) is 54.7 Å². The van der Waals surface area contributed by atoms with E-state index in [1.165, 1.54) is 6.07 Å². The molecule has 0 spiro atoms. The van der Waals surface area contributed by atoms with Gasteiger partial charge in [0.2, 0.25) is 0 Å². The van der Waals surface area contributed by atoms with Gasteiger partial charge >= 0.3 is 0 Å². The Hall–Kier alpha value is -2.97. The number of nitrogens with zero attached hydrogens (tertiary/aromatic N) is 3. The highest BCUT2D eigenvalue weighted by molar-refractivity contribution is 5.78. The average molecular weight is 293 g/mol. The number of ether oxygens (including phenoxy) is 1. The SMILES string of the molecule is COc1ccc2nc(-c3ccccc3)cnc2c1.N#CCO. The van der Waals surface area contributed by atoms with Crippen LogP contribution in [0.1, 0.15) is 0 Å². The molecule has 1 aromatic heterocycles. The predicted molar refractivity (Wildman–Crippen MR) is 84.2 cm³/mol. The monoisotopic (exact) mass is 293 g/mol. The first-order valence-corrected chi connectivity index (χ1v) is 6.62. The highest BCUT2D eigenvalue weighted by Gasteiger charge is 2.03. The summed E-state index contributed by atoms with van der Waals surface area (Å²) in [6.07, 6.45) is 1.79. The van der Waals surface area contributed by atoms with Gasteiger partial charge in [-0.1, -0.05) is 30.3 Å². The first-order chi connectivity index (χ1) is 10.8. The number of aliphatic hydroxyl groups excluding tert-OH is 1. The van der Waals surface area contributed by atoms with Crippen molar-refractivity contribution in [3.8, 4) is 23.1 Å². The topological polar surface area (TPSA) is 79.0 Å². The average Bonchev–Trinajstić information content (AvgIpc) is 2.61. The van der Waals surface area contributed by atoms with E-state index in [1.54, 1.807) is 13.3 Å². The summed E-state index contributed by atoms with van der Waals surface area (Å²) in [5.41, 5.74) is 3.67. The van der Waals surface area contributed by atoms with Gasteiger partial charge in [-0.25, -0.2) is 4.98 Å². The molecule has 0 fully saturated rings. The molecule has 0 bridgehead atoms. The molecule has 1 heterocycles. The summed E-state index contributed by atoms with van der Waals surface area (Å²) in [5, 5.41) is 14.9. The van der Waals surface area contributed by atoms with Crippen molar-refractivity contribution in [2.45, 2.75) is 0 Å².